The van der Waals surface area contributed by atoms with Crippen molar-refractivity contribution in [2.45, 2.75) is 75.3 Å². The predicted octanol–water partition coefficient (Wildman–Crippen LogP) is 4.30. The molecular weight excluding hydrogens is 532 g/mol. The molecule has 10 nitrogen and oxygen atoms in total. The topological polar surface area (TPSA) is 136 Å². The van der Waals surface area contributed by atoms with Crippen molar-refractivity contribution in [2.75, 3.05) is 5.75 Å². The molecule has 1 aromatic heterocycles. The van der Waals surface area contributed by atoms with Crippen molar-refractivity contribution in [3.63, 3.8) is 0 Å². The molecule has 3 aromatic rings. The number of carbonyl (C=O) groups excluding carboxylic acids is 1. The van der Waals surface area contributed by atoms with Crippen LogP contribution in [0.15, 0.2) is 60.0 Å². The molecule has 0 unspecified atom stereocenters. The summed E-state index contributed by atoms with van der Waals surface area (Å²) in [6.07, 6.45) is 4.04. The minimum Gasteiger partial charge on any atom is -0.481 e. The fourth-order valence-corrected chi connectivity index (χ4v) is 5.32. The van der Waals surface area contributed by atoms with E-state index in [2.05, 4.69) is 15.5 Å². The molecule has 1 aliphatic rings. The summed E-state index contributed by atoms with van der Waals surface area (Å²) >= 11 is 1.59. The van der Waals surface area contributed by atoms with Crippen LogP contribution in [0.4, 0.5) is 0 Å². The summed E-state index contributed by atoms with van der Waals surface area (Å²) < 4.78 is 14.7. The van der Waals surface area contributed by atoms with Crippen molar-refractivity contribution in [2.24, 2.45) is 7.05 Å². The molecule has 3 atom stereocenters. The second kappa shape index (κ2) is 14.9. The van der Waals surface area contributed by atoms with Crippen LogP contribution in [0.3, 0.4) is 0 Å². The Morgan fingerprint density at radius 1 is 1.00 bits per heavy atom. The lowest BCUT2D eigenvalue weighted by molar-refractivity contribution is -0.245. The number of carboxylic acids is 1. The smallest absolute Gasteiger partial charge is 0.303 e. The third kappa shape index (κ3) is 8.88. The van der Waals surface area contributed by atoms with Gasteiger partial charge in [0.1, 0.15) is 6.33 Å². The van der Waals surface area contributed by atoms with Gasteiger partial charge in [0, 0.05) is 44.2 Å². The number of nitrogens with one attached hydrogen (secondary N) is 1. The van der Waals surface area contributed by atoms with Gasteiger partial charge < -0.3 is 29.6 Å². The van der Waals surface area contributed by atoms with Gasteiger partial charge in [-0.15, -0.1) is 10.2 Å². The number of thioether (sulfide) groups is 1. The zero-order valence-electron chi connectivity index (χ0n) is 22.6. The second-order valence-corrected chi connectivity index (χ2v) is 10.8. The van der Waals surface area contributed by atoms with Gasteiger partial charge in [-0.1, -0.05) is 66.7 Å². The molecule has 0 aliphatic carbocycles. The highest BCUT2D eigenvalue weighted by molar-refractivity contribution is 7.99. The number of aromatic nitrogens is 3. The molecule has 214 valence electrons. The van der Waals surface area contributed by atoms with Crippen LogP contribution in [-0.4, -0.2) is 48.7 Å². The maximum Gasteiger partial charge on any atom is 0.303 e. The van der Waals surface area contributed by atoms with Crippen LogP contribution in [-0.2, 0) is 39.3 Å². The summed E-state index contributed by atoms with van der Waals surface area (Å²) in [7, 11) is 1.91. The van der Waals surface area contributed by atoms with Gasteiger partial charge in [0.15, 0.2) is 11.4 Å². The number of carbonyl (C=O) groups is 2. The Morgan fingerprint density at radius 3 is 2.38 bits per heavy atom. The van der Waals surface area contributed by atoms with Crippen molar-refractivity contribution in [3.05, 3.63) is 77.1 Å². The average molecular weight is 569 g/mol. The number of aliphatic hydroxyl groups is 1. The van der Waals surface area contributed by atoms with Crippen LogP contribution < -0.4 is 5.32 Å². The van der Waals surface area contributed by atoms with Crippen LogP contribution in [0, 0.1) is 0 Å². The first-order chi connectivity index (χ1) is 19.4. The third-order valence-electron chi connectivity index (χ3n) is 6.72. The zero-order chi connectivity index (χ0) is 28.3. The molecule has 1 fully saturated rings. The number of benzene rings is 2. The first kappa shape index (κ1) is 29.7. The first-order valence-corrected chi connectivity index (χ1v) is 14.4. The average Bonchev–Trinajstić information content (AvgIpc) is 3.39. The molecular formula is C29H36N4O6S. The van der Waals surface area contributed by atoms with E-state index >= 15 is 0 Å². The highest BCUT2D eigenvalue weighted by Gasteiger charge is 2.32. The molecule has 1 aliphatic heterocycles. The van der Waals surface area contributed by atoms with Gasteiger partial charge in [-0.3, -0.25) is 9.59 Å². The van der Waals surface area contributed by atoms with Gasteiger partial charge in [-0.25, -0.2) is 0 Å². The predicted molar refractivity (Wildman–Crippen MR) is 149 cm³/mol. The van der Waals surface area contributed by atoms with Gasteiger partial charge in [-0.2, -0.15) is 0 Å². The SMILES string of the molecule is Cn1cnnc1SC[C@H]1C[C@@H](c2ccc(CO)cc2)O[C@@H](c2ccc(CNC(=O)CCCCCC(=O)O)cc2)O1. The van der Waals surface area contributed by atoms with Crippen LogP contribution in [0.5, 0.6) is 0 Å². The van der Waals surface area contributed by atoms with Gasteiger partial charge in [0.2, 0.25) is 5.91 Å². The molecule has 3 N–H and O–H groups in total. The highest BCUT2D eigenvalue weighted by Crippen LogP contribution is 2.39. The molecule has 1 amide bonds. The third-order valence-corrected chi connectivity index (χ3v) is 7.89. The molecule has 0 bridgehead atoms. The van der Waals surface area contributed by atoms with Crippen molar-refractivity contribution < 1.29 is 29.3 Å². The summed E-state index contributed by atoms with van der Waals surface area (Å²) in [5, 5.41) is 30.0. The van der Waals surface area contributed by atoms with E-state index in [1.807, 2.05) is 60.1 Å². The van der Waals surface area contributed by atoms with E-state index in [4.69, 9.17) is 14.6 Å². The number of hydrogen-bond acceptors (Lipinski definition) is 8. The lowest BCUT2D eigenvalue weighted by atomic mass is 10.0. The van der Waals surface area contributed by atoms with Gasteiger partial charge in [0.25, 0.3) is 0 Å². The summed E-state index contributed by atoms with van der Waals surface area (Å²) in [5.74, 6) is -0.157. The minimum absolute atomic E-state index is 0.00585. The van der Waals surface area contributed by atoms with E-state index in [1.54, 1.807) is 18.1 Å². The molecule has 1 saturated heterocycles. The molecule has 0 radical (unpaired) electrons. The number of aryl methyl sites for hydroxylation is 1. The summed E-state index contributed by atoms with van der Waals surface area (Å²) in [4.78, 5) is 22.7. The number of unbranched alkanes of at least 4 members (excludes halogenated alkanes) is 2. The summed E-state index contributed by atoms with van der Waals surface area (Å²) in [5.41, 5.74) is 3.73. The van der Waals surface area contributed by atoms with E-state index in [0.29, 0.717) is 38.0 Å². The van der Waals surface area contributed by atoms with Crippen LogP contribution >= 0.6 is 11.8 Å². The Kier molecular flexibility index (Phi) is 11.1. The normalized spacial score (nSPS) is 18.9. The fraction of sp³-hybridized carbons (Fsp3) is 0.448. The largest absolute Gasteiger partial charge is 0.481 e. The Bertz CT molecular complexity index is 1230. The number of carboxylic acid groups (broad SMARTS) is 1. The lowest BCUT2D eigenvalue weighted by Gasteiger charge is -2.36. The Morgan fingerprint density at radius 2 is 1.70 bits per heavy atom. The number of ether oxygens (including phenoxy) is 2. The number of aliphatic hydroxyl groups excluding tert-OH is 1. The monoisotopic (exact) mass is 568 g/mol. The highest BCUT2D eigenvalue weighted by atomic mass is 32.2. The Labute approximate surface area is 238 Å². The lowest BCUT2D eigenvalue weighted by Crippen LogP contribution is -2.31. The van der Waals surface area contributed by atoms with Gasteiger partial charge >= 0.3 is 5.97 Å². The quantitative estimate of drug-likeness (QED) is 0.192. The Hall–Kier alpha value is -3.25. The van der Waals surface area contributed by atoms with Crippen molar-refractivity contribution in [3.8, 4) is 0 Å². The zero-order valence-corrected chi connectivity index (χ0v) is 23.4. The van der Waals surface area contributed by atoms with E-state index in [1.165, 1.54) is 0 Å². The molecule has 4 rings (SSSR count). The maximum atomic E-state index is 12.1. The second-order valence-electron chi connectivity index (χ2n) is 9.86. The number of nitrogens with zero attached hydrogens (tertiary/aromatic N) is 3. The number of rotatable bonds is 14. The van der Waals surface area contributed by atoms with Crippen LogP contribution in [0.1, 0.15) is 73.2 Å². The van der Waals surface area contributed by atoms with E-state index in [-0.39, 0.29) is 31.1 Å². The number of amides is 1. The molecule has 0 saturated carbocycles. The van der Waals surface area contributed by atoms with Crippen LogP contribution in [0.25, 0.3) is 0 Å². The molecule has 11 heteroatoms. The standard InChI is InChI=1S/C29H36N4O6S/c1-33-19-31-32-29(33)40-18-24-15-25(22-11-9-21(17-34)10-12-22)39-28(38-24)23-13-7-20(8-14-23)16-30-26(35)5-3-2-4-6-27(36)37/h7-14,19,24-25,28,34H,2-6,15-18H2,1H3,(H,30,35)(H,36,37)/t24-,25+,28+/m1/s1. The fourth-order valence-electron chi connectivity index (χ4n) is 4.41. The first-order valence-electron chi connectivity index (χ1n) is 13.5. The number of hydrogen-bond donors (Lipinski definition) is 3. The Balaban J connectivity index is 1.35. The summed E-state index contributed by atoms with van der Waals surface area (Å²) in [6.45, 7) is 0.408. The molecule has 40 heavy (non-hydrogen) atoms. The number of aliphatic carboxylic acids is 1. The molecule has 0 spiro atoms. The van der Waals surface area contributed by atoms with E-state index < -0.39 is 12.3 Å². The van der Waals surface area contributed by atoms with E-state index in [9.17, 15) is 14.7 Å². The molecule has 2 heterocycles. The van der Waals surface area contributed by atoms with Crippen LogP contribution in [0.2, 0.25) is 0 Å². The van der Waals surface area contributed by atoms with Gasteiger partial charge in [0.05, 0.1) is 18.8 Å². The van der Waals surface area contributed by atoms with Crippen molar-refractivity contribution in [1.29, 1.82) is 0 Å². The summed E-state index contributed by atoms with van der Waals surface area (Å²) in [6, 6.07) is 15.6. The maximum absolute atomic E-state index is 12.1. The van der Waals surface area contributed by atoms with Crippen molar-refractivity contribution in [1.82, 2.24) is 20.1 Å². The molecule has 2 aromatic carbocycles. The van der Waals surface area contributed by atoms with Gasteiger partial charge in [-0.05, 0) is 29.5 Å². The van der Waals surface area contributed by atoms with Crippen molar-refractivity contribution >= 4 is 23.6 Å². The van der Waals surface area contributed by atoms with E-state index in [0.717, 1.165) is 33.8 Å². The minimum atomic E-state index is -0.805.